The molecule has 2 amide bonds. The Bertz CT molecular complexity index is 176. The molecule has 3 heteroatoms. The van der Waals surface area contributed by atoms with E-state index in [2.05, 4.69) is 11.4 Å². The Morgan fingerprint density at radius 2 is 2.56 bits per heavy atom. The van der Waals surface area contributed by atoms with E-state index in [0.717, 1.165) is 13.0 Å². The fourth-order valence-electron chi connectivity index (χ4n) is 1.19. The summed E-state index contributed by atoms with van der Waals surface area (Å²) in [6.45, 7) is 0.788. The van der Waals surface area contributed by atoms with Gasteiger partial charge in [-0.2, -0.15) is 0 Å². The maximum atomic E-state index is 10.6. The molecule has 0 aromatic heterocycles. The second kappa shape index (κ2) is 1.50. The fraction of sp³-hybridized carbons (Fsp3) is 0.500. The van der Waals surface area contributed by atoms with Crippen LogP contribution in [-0.2, 0) is 0 Å². The van der Waals surface area contributed by atoms with Crippen molar-refractivity contribution in [2.45, 2.75) is 12.6 Å². The molecule has 2 aliphatic heterocycles. The van der Waals surface area contributed by atoms with E-state index < -0.39 is 0 Å². The SMILES string of the molecule is O=C1NC2CC=CCN12. The van der Waals surface area contributed by atoms with Crippen LogP contribution < -0.4 is 5.32 Å². The number of carbonyl (C=O) groups excluding carboxylic acids is 1. The van der Waals surface area contributed by atoms with Crippen molar-refractivity contribution in [1.82, 2.24) is 10.2 Å². The van der Waals surface area contributed by atoms with E-state index in [-0.39, 0.29) is 6.03 Å². The van der Waals surface area contributed by atoms with Gasteiger partial charge in [0.25, 0.3) is 0 Å². The molecule has 48 valence electrons. The molecule has 1 saturated heterocycles. The number of nitrogens with zero attached hydrogens (tertiary/aromatic N) is 1. The van der Waals surface area contributed by atoms with Crippen molar-refractivity contribution in [3.63, 3.8) is 0 Å². The first kappa shape index (κ1) is 4.85. The summed E-state index contributed by atoms with van der Waals surface area (Å²) in [5, 5.41) is 2.78. The third-order valence-corrected chi connectivity index (χ3v) is 1.76. The first-order chi connectivity index (χ1) is 4.38. The Morgan fingerprint density at radius 1 is 1.67 bits per heavy atom. The molecule has 1 unspecified atom stereocenters. The summed E-state index contributed by atoms with van der Waals surface area (Å²) < 4.78 is 0. The van der Waals surface area contributed by atoms with Crippen LogP contribution in [-0.4, -0.2) is 23.6 Å². The Hall–Kier alpha value is -0.990. The Balaban J connectivity index is 2.12. The number of nitrogens with one attached hydrogen (secondary N) is 1. The van der Waals surface area contributed by atoms with E-state index in [0.29, 0.717) is 6.17 Å². The van der Waals surface area contributed by atoms with Gasteiger partial charge in [0.15, 0.2) is 0 Å². The number of rotatable bonds is 0. The smallest absolute Gasteiger partial charge is 0.317 e. The normalized spacial score (nSPS) is 30.9. The van der Waals surface area contributed by atoms with Gasteiger partial charge in [-0.05, 0) is 0 Å². The van der Waals surface area contributed by atoms with Crippen LogP contribution in [0.25, 0.3) is 0 Å². The van der Waals surface area contributed by atoms with Crippen molar-refractivity contribution in [3.8, 4) is 0 Å². The van der Waals surface area contributed by atoms with E-state index in [1.807, 2.05) is 11.0 Å². The molecular weight excluding hydrogens is 116 g/mol. The lowest BCUT2D eigenvalue weighted by Crippen LogP contribution is -2.66. The van der Waals surface area contributed by atoms with Crippen molar-refractivity contribution < 1.29 is 4.79 Å². The minimum atomic E-state index is 0.0735. The summed E-state index contributed by atoms with van der Waals surface area (Å²) in [6.07, 6.45) is 5.39. The van der Waals surface area contributed by atoms with Gasteiger partial charge in [0.1, 0.15) is 6.17 Å². The topological polar surface area (TPSA) is 32.3 Å². The van der Waals surface area contributed by atoms with Crippen LogP contribution in [0.3, 0.4) is 0 Å². The van der Waals surface area contributed by atoms with Gasteiger partial charge >= 0.3 is 6.03 Å². The molecule has 1 fully saturated rings. The van der Waals surface area contributed by atoms with Crippen molar-refractivity contribution in [3.05, 3.63) is 12.2 Å². The molecule has 1 N–H and O–H groups in total. The fourth-order valence-corrected chi connectivity index (χ4v) is 1.19. The number of hydrogen-bond acceptors (Lipinski definition) is 1. The Morgan fingerprint density at radius 3 is 3.11 bits per heavy atom. The van der Waals surface area contributed by atoms with Crippen molar-refractivity contribution in [1.29, 1.82) is 0 Å². The number of hydrogen-bond donors (Lipinski definition) is 1. The second-order valence-electron chi connectivity index (χ2n) is 2.32. The molecule has 3 nitrogen and oxygen atoms in total. The number of amides is 2. The molecule has 0 aliphatic carbocycles. The third-order valence-electron chi connectivity index (χ3n) is 1.76. The average Bonchev–Trinajstić information content (AvgIpc) is 1.86. The van der Waals surface area contributed by atoms with Crippen LogP contribution >= 0.6 is 0 Å². The van der Waals surface area contributed by atoms with Gasteiger partial charge < -0.3 is 10.2 Å². The van der Waals surface area contributed by atoms with Gasteiger partial charge in [-0.3, -0.25) is 0 Å². The van der Waals surface area contributed by atoms with Crippen LogP contribution in [0.15, 0.2) is 12.2 Å². The summed E-state index contributed by atoms with van der Waals surface area (Å²) >= 11 is 0. The van der Waals surface area contributed by atoms with Crippen molar-refractivity contribution in [2.24, 2.45) is 0 Å². The Labute approximate surface area is 53.3 Å². The van der Waals surface area contributed by atoms with Crippen molar-refractivity contribution in [2.75, 3.05) is 6.54 Å². The first-order valence-corrected chi connectivity index (χ1v) is 3.10. The summed E-state index contributed by atoms with van der Waals surface area (Å²) in [7, 11) is 0. The molecule has 0 spiro atoms. The van der Waals surface area contributed by atoms with Gasteiger partial charge in [0.05, 0.1) is 0 Å². The summed E-state index contributed by atoms with van der Waals surface area (Å²) in [6, 6.07) is 0.0735. The largest absolute Gasteiger partial charge is 0.320 e. The van der Waals surface area contributed by atoms with Crippen LogP contribution in [0.2, 0.25) is 0 Å². The predicted octanol–water partition coefficient (Wildman–Crippen LogP) is 0.298. The highest BCUT2D eigenvalue weighted by Crippen LogP contribution is 2.15. The van der Waals surface area contributed by atoms with Gasteiger partial charge in [-0.1, -0.05) is 12.2 Å². The highest BCUT2D eigenvalue weighted by Gasteiger charge is 2.34. The van der Waals surface area contributed by atoms with Crippen LogP contribution in [0.4, 0.5) is 4.79 Å². The molecule has 0 aromatic rings. The first-order valence-electron chi connectivity index (χ1n) is 3.10. The number of carbonyl (C=O) groups is 1. The lowest BCUT2D eigenvalue weighted by atomic mass is 10.1. The molecule has 0 saturated carbocycles. The average molecular weight is 124 g/mol. The highest BCUT2D eigenvalue weighted by molar-refractivity contribution is 5.80. The van der Waals surface area contributed by atoms with E-state index in [1.54, 1.807) is 0 Å². The molecule has 2 aliphatic rings. The summed E-state index contributed by atoms with van der Waals surface area (Å²) in [4.78, 5) is 12.5. The van der Waals surface area contributed by atoms with E-state index in [9.17, 15) is 4.79 Å². The minimum Gasteiger partial charge on any atom is -0.317 e. The molecular formula is C6H8N2O. The Kier molecular flexibility index (Phi) is 0.806. The zero-order valence-electron chi connectivity index (χ0n) is 5.00. The molecule has 2 rings (SSSR count). The summed E-state index contributed by atoms with van der Waals surface area (Å²) in [5.41, 5.74) is 0. The standard InChI is InChI=1S/C6H8N2O/c9-6-7-5-3-1-2-4-8(5)6/h1-2,5H,3-4H2,(H,7,9). The molecule has 2 heterocycles. The van der Waals surface area contributed by atoms with Gasteiger partial charge in [-0.15, -0.1) is 0 Å². The quantitative estimate of drug-likeness (QED) is 0.463. The monoisotopic (exact) mass is 124 g/mol. The molecule has 0 radical (unpaired) electrons. The molecule has 1 atom stereocenters. The van der Waals surface area contributed by atoms with Crippen molar-refractivity contribution >= 4 is 6.03 Å². The van der Waals surface area contributed by atoms with Gasteiger partial charge in [0.2, 0.25) is 0 Å². The van der Waals surface area contributed by atoms with Gasteiger partial charge in [-0.25, -0.2) is 4.79 Å². The molecule has 9 heavy (non-hydrogen) atoms. The van der Waals surface area contributed by atoms with E-state index in [1.165, 1.54) is 0 Å². The van der Waals surface area contributed by atoms with Crippen LogP contribution in [0.1, 0.15) is 6.42 Å². The van der Waals surface area contributed by atoms with Crippen LogP contribution in [0.5, 0.6) is 0 Å². The summed E-state index contributed by atoms with van der Waals surface area (Å²) in [5.74, 6) is 0. The second-order valence-corrected chi connectivity index (χ2v) is 2.32. The maximum absolute atomic E-state index is 10.6. The van der Waals surface area contributed by atoms with Gasteiger partial charge in [0, 0.05) is 13.0 Å². The molecule has 0 bridgehead atoms. The third kappa shape index (κ3) is 0.542. The minimum absolute atomic E-state index is 0.0735. The predicted molar refractivity (Wildman–Crippen MR) is 32.8 cm³/mol. The van der Waals surface area contributed by atoms with E-state index >= 15 is 0 Å². The van der Waals surface area contributed by atoms with Crippen LogP contribution in [0, 0.1) is 0 Å². The maximum Gasteiger partial charge on any atom is 0.320 e. The molecule has 0 aromatic carbocycles. The zero-order valence-corrected chi connectivity index (χ0v) is 5.00. The number of fused-ring (bicyclic) bond motifs is 1. The highest BCUT2D eigenvalue weighted by atomic mass is 16.2. The lowest BCUT2D eigenvalue weighted by Gasteiger charge is -2.42. The lowest BCUT2D eigenvalue weighted by molar-refractivity contribution is 0.112. The zero-order chi connectivity index (χ0) is 6.27. The van der Waals surface area contributed by atoms with E-state index in [4.69, 9.17) is 0 Å². The number of urea groups is 1.